The monoisotopic (exact) mass is 801 g/mol. The van der Waals surface area contributed by atoms with E-state index in [9.17, 15) is 24.2 Å². The van der Waals surface area contributed by atoms with Crippen molar-refractivity contribution >= 4 is 19.8 Å². The molecule has 0 saturated carbocycles. The number of epoxide rings is 1. The molecule has 0 amide bonds. The van der Waals surface area contributed by atoms with Gasteiger partial charge >= 0.3 is 19.8 Å². The van der Waals surface area contributed by atoms with Gasteiger partial charge in [-0.25, -0.2) is 4.57 Å². The number of rotatable bonds is 38. The van der Waals surface area contributed by atoms with E-state index in [4.69, 9.17) is 23.8 Å². The van der Waals surface area contributed by atoms with Gasteiger partial charge in [0.1, 0.15) is 12.7 Å². The van der Waals surface area contributed by atoms with Crippen LogP contribution in [0.5, 0.6) is 0 Å². The van der Waals surface area contributed by atoms with E-state index in [0.29, 0.717) is 19.3 Å². The van der Waals surface area contributed by atoms with Crippen molar-refractivity contribution in [2.24, 2.45) is 5.92 Å². The zero-order chi connectivity index (χ0) is 40.4. The molecule has 1 fully saturated rings. The van der Waals surface area contributed by atoms with Gasteiger partial charge < -0.3 is 29.3 Å². The molecular weight excluding hydrogens is 723 g/mol. The summed E-state index contributed by atoms with van der Waals surface area (Å²) >= 11 is 0. The maximum atomic E-state index is 12.6. The Morgan fingerprint density at radius 2 is 1.27 bits per heavy atom. The number of carbonyl (C=O) groups is 2. The number of carbonyl (C=O) groups excluding carboxylic acids is 2. The second-order valence-corrected chi connectivity index (χ2v) is 16.5. The Morgan fingerprint density at radius 1 is 0.709 bits per heavy atom. The zero-order valence-corrected chi connectivity index (χ0v) is 35.4. The SMILES string of the molecule is CCCCC/C=C\C/C=C\CC1OC1C/C=C\CCCC(=O)O[C@H](COC(=O)CCCCCCCCCCCCC(C)CC)COP(=O)(O)OC[C@@H](O)CO. The van der Waals surface area contributed by atoms with Crippen LogP contribution in [0.3, 0.4) is 0 Å². The lowest BCUT2D eigenvalue weighted by Crippen LogP contribution is -2.29. The number of esters is 2. The average molecular weight is 801 g/mol. The first-order valence-corrected chi connectivity index (χ1v) is 23.0. The van der Waals surface area contributed by atoms with Gasteiger partial charge in [0.2, 0.25) is 0 Å². The van der Waals surface area contributed by atoms with Crippen LogP contribution in [0, 0.1) is 5.92 Å². The first-order valence-electron chi connectivity index (χ1n) is 21.5. The Hall–Kier alpha value is -1.85. The standard InChI is InChI=1S/C43H77O11P/c1-4-6-7-8-9-12-16-19-24-29-40-41(54-40)30-25-21-22-27-32-43(47)53-39(36-52-55(48,49)51-34-38(45)33-44)35-50-42(46)31-26-20-17-14-11-10-13-15-18-23-28-37(3)5-2/h9,12,19,21,24-25,37-41,44-45H,4-8,10-11,13-18,20,22-23,26-36H2,1-3H3,(H,48,49)/b12-9-,24-19-,25-21-/t37?,38-,39+,40?,41?/m0/s1. The van der Waals surface area contributed by atoms with Gasteiger partial charge in [-0.15, -0.1) is 0 Å². The molecule has 0 spiro atoms. The van der Waals surface area contributed by atoms with Crippen molar-refractivity contribution in [2.75, 3.05) is 26.4 Å². The van der Waals surface area contributed by atoms with Crippen LogP contribution in [-0.4, -0.2) is 77.9 Å². The van der Waals surface area contributed by atoms with Crippen LogP contribution in [0.1, 0.15) is 168 Å². The topological polar surface area (TPSA) is 161 Å². The van der Waals surface area contributed by atoms with Crippen molar-refractivity contribution in [3.05, 3.63) is 36.5 Å². The molecule has 0 aromatic heterocycles. The molecule has 11 nitrogen and oxygen atoms in total. The highest BCUT2D eigenvalue weighted by Gasteiger charge is 2.36. The maximum Gasteiger partial charge on any atom is 0.472 e. The second-order valence-electron chi connectivity index (χ2n) is 15.0. The quantitative estimate of drug-likeness (QED) is 0.0179. The first-order chi connectivity index (χ1) is 26.6. The zero-order valence-electron chi connectivity index (χ0n) is 34.5. The van der Waals surface area contributed by atoms with Gasteiger partial charge in [-0.3, -0.25) is 18.6 Å². The summed E-state index contributed by atoms with van der Waals surface area (Å²) in [4.78, 5) is 35.0. The second kappa shape index (κ2) is 34.2. The fourth-order valence-electron chi connectivity index (χ4n) is 5.88. The fourth-order valence-corrected chi connectivity index (χ4v) is 6.67. The van der Waals surface area contributed by atoms with Gasteiger partial charge in [-0.1, -0.05) is 141 Å². The predicted octanol–water partition coefficient (Wildman–Crippen LogP) is 10.0. The van der Waals surface area contributed by atoms with Crippen LogP contribution in [-0.2, 0) is 37.4 Å². The molecule has 55 heavy (non-hydrogen) atoms. The minimum atomic E-state index is -4.64. The minimum absolute atomic E-state index is 0.101. The van der Waals surface area contributed by atoms with Crippen molar-refractivity contribution in [3.63, 3.8) is 0 Å². The minimum Gasteiger partial charge on any atom is -0.462 e. The van der Waals surface area contributed by atoms with Crippen molar-refractivity contribution < 1.29 is 52.5 Å². The smallest absolute Gasteiger partial charge is 0.462 e. The van der Waals surface area contributed by atoms with E-state index in [1.165, 1.54) is 70.6 Å². The van der Waals surface area contributed by atoms with Crippen LogP contribution in [0.25, 0.3) is 0 Å². The van der Waals surface area contributed by atoms with Crippen molar-refractivity contribution in [1.82, 2.24) is 0 Å². The van der Waals surface area contributed by atoms with E-state index in [0.717, 1.165) is 50.9 Å². The number of aliphatic hydroxyl groups is 2. The molecule has 12 heteroatoms. The Labute approximate surface area is 333 Å². The molecule has 0 aromatic carbocycles. The summed E-state index contributed by atoms with van der Waals surface area (Å²) < 4.78 is 38.4. The number of allylic oxidation sites excluding steroid dienone is 4. The molecule has 1 heterocycles. The molecule has 1 aliphatic heterocycles. The summed E-state index contributed by atoms with van der Waals surface area (Å²) in [5.41, 5.74) is 0. The molecule has 0 radical (unpaired) electrons. The highest BCUT2D eigenvalue weighted by molar-refractivity contribution is 7.47. The summed E-state index contributed by atoms with van der Waals surface area (Å²) in [7, 11) is -4.64. The van der Waals surface area contributed by atoms with E-state index in [1.54, 1.807) is 0 Å². The van der Waals surface area contributed by atoms with E-state index in [-0.39, 0.29) is 31.7 Å². The lowest BCUT2D eigenvalue weighted by atomic mass is 9.99. The van der Waals surface area contributed by atoms with Gasteiger partial charge in [0.15, 0.2) is 6.10 Å². The van der Waals surface area contributed by atoms with E-state index < -0.39 is 51.8 Å². The number of phosphoric acid groups is 1. The van der Waals surface area contributed by atoms with Crippen LogP contribution in [0.2, 0.25) is 0 Å². The number of hydrogen-bond donors (Lipinski definition) is 3. The molecule has 0 bridgehead atoms. The Balaban J connectivity index is 2.31. The van der Waals surface area contributed by atoms with Crippen molar-refractivity contribution in [3.8, 4) is 0 Å². The molecular formula is C43H77O11P. The van der Waals surface area contributed by atoms with Gasteiger partial charge in [-0.2, -0.15) is 0 Å². The van der Waals surface area contributed by atoms with Crippen LogP contribution in [0.15, 0.2) is 36.5 Å². The summed E-state index contributed by atoms with van der Waals surface area (Å²) in [5.74, 6) is -0.161. The van der Waals surface area contributed by atoms with Gasteiger partial charge in [-0.05, 0) is 57.3 Å². The lowest BCUT2D eigenvalue weighted by molar-refractivity contribution is -0.161. The molecule has 320 valence electrons. The van der Waals surface area contributed by atoms with Crippen LogP contribution >= 0.6 is 7.82 Å². The van der Waals surface area contributed by atoms with Gasteiger partial charge in [0.05, 0.1) is 32.0 Å². The Bertz CT molecular complexity index is 1090. The molecule has 1 saturated heterocycles. The van der Waals surface area contributed by atoms with Crippen molar-refractivity contribution in [2.45, 2.75) is 193 Å². The highest BCUT2D eigenvalue weighted by atomic mass is 31.2. The lowest BCUT2D eigenvalue weighted by Gasteiger charge is -2.20. The number of hydrogen-bond acceptors (Lipinski definition) is 10. The Morgan fingerprint density at radius 3 is 1.93 bits per heavy atom. The van der Waals surface area contributed by atoms with E-state index in [1.807, 2.05) is 6.08 Å². The number of aliphatic hydroxyl groups excluding tert-OH is 2. The predicted molar refractivity (Wildman–Crippen MR) is 218 cm³/mol. The van der Waals surface area contributed by atoms with Crippen LogP contribution < -0.4 is 0 Å². The molecule has 0 aliphatic carbocycles. The molecule has 4 unspecified atom stereocenters. The summed E-state index contributed by atoms with van der Waals surface area (Å²) in [6, 6.07) is 0. The molecule has 3 N–H and O–H groups in total. The molecule has 6 atom stereocenters. The summed E-state index contributed by atoms with van der Waals surface area (Å²) in [6.45, 7) is 4.61. The normalized spacial score (nSPS) is 18.5. The molecule has 1 rings (SSSR count). The van der Waals surface area contributed by atoms with Gasteiger partial charge in [0, 0.05) is 12.8 Å². The van der Waals surface area contributed by atoms with Crippen LogP contribution in [0.4, 0.5) is 0 Å². The third-order valence-corrected chi connectivity index (χ3v) is 10.7. The fraction of sp³-hybridized carbons (Fsp3) is 0.814. The number of ether oxygens (including phenoxy) is 3. The van der Waals surface area contributed by atoms with Gasteiger partial charge in [0.25, 0.3) is 0 Å². The van der Waals surface area contributed by atoms with E-state index >= 15 is 0 Å². The largest absolute Gasteiger partial charge is 0.472 e. The highest BCUT2D eigenvalue weighted by Crippen LogP contribution is 2.43. The number of phosphoric ester groups is 1. The average Bonchev–Trinajstić information content (AvgIpc) is 3.93. The molecule has 1 aliphatic rings. The van der Waals surface area contributed by atoms with Crippen molar-refractivity contribution in [1.29, 1.82) is 0 Å². The maximum absolute atomic E-state index is 12.6. The Kier molecular flexibility index (Phi) is 31.8. The summed E-state index contributed by atoms with van der Waals surface area (Å²) in [5, 5.41) is 18.3. The third-order valence-electron chi connectivity index (χ3n) is 9.74. The third kappa shape index (κ3) is 31.9. The van der Waals surface area contributed by atoms with E-state index in [2.05, 4.69) is 55.7 Å². The summed E-state index contributed by atoms with van der Waals surface area (Å²) in [6.07, 6.45) is 34.2. The first kappa shape index (κ1) is 51.2. The molecule has 0 aromatic rings. The number of unbranched alkanes of at least 4 members (excludes halogenated alkanes) is 13.